The topological polar surface area (TPSA) is 12.0 Å². The van der Waals surface area contributed by atoms with E-state index in [9.17, 15) is 0 Å². The highest BCUT2D eigenvalue weighted by Gasteiger charge is 2.10. The van der Waals surface area contributed by atoms with E-state index in [0.717, 1.165) is 28.5 Å². The minimum atomic E-state index is 0.546. The summed E-state index contributed by atoms with van der Waals surface area (Å²) < 4.78 is 0. The first kappa shape index (κ1) is 14.8. The van der Waals surface area contributed by atoms with Gasteiger partial charge in [-0.2, -0.15) is 0 Å². The van der Waals surface area contributed by atoms with E-state index in [1.54, 1.807) is 0 Å². The lowest BCUT2D eigenvalue weighted by molar-refractivity contribution is 0.422. The fraction of sp³-hybridized carbons (Fsp3) is 0.571. The molecule has 0 amide bonds. The van der Waals surface area contributed by atoms with Crippen LogP contribution in [0.3, 0.4) is 0 Å². The molecule has 0 spiro atoms. The van der Waals surface area contributed by atoms with Crippen LogP contribution in [0, 0.1) is 5.92 Å². The molecular formula is C14H21Cl2N. The molecule has 1 aromatic carbocycles. The molecule has 17 heavy (non-hydrogen) atoms. The lowest BCUT2D eigenvalue weighted by atomic mass is 9.97. The summed E-state index contributed by atoms with van der Waals surface area (Å²) in [7, 11) is 2.02. The highest BCUT2D eigenvalue weighted by Crippen LogP contribution is 2.23. The van der Waals surface area contributed by atoms with Crippen molar-refractivity contribution in [3.8, 4) is 0 Å². The van der Waals surface area contributed by atoms with Crippen LogP contribution in [0.4, 0.5) is 0 Å². The summed E-state index contributed by atoms with van der Waals surface area (Å²) in [4.78, 5) is 0. The SMILES string of the molecule is CNC(CCc1cc(Cl)ccc1Cl)CC(C)C. The first-order valence-electron chi connectivity index (χ1n) is 6.14. The molecule has 0 heterocycles. The minimum absolute atomic E-state index is 0.546. The fourth-order valence-electron chi connectivity index (χ4n) is 2.01. The molecule has 0 saturated heterocycles. The molecule has 1 atom stereocenters. The van der Waals surface area contributed by atoms with Crippen molar-refractivity contribution in [3.63, 3.8) is 0 Å². The number of hydrogen-bond acceptors (Lipinski definition) is 1. The van der Waals surface area contributed by atoms with Crippen LogP contribution in [0.25, 0.3) is 0 Å². The van der Waals surface area contributed by atoms with Crippen LogP contribution in [-0.2, 0) is 6.42 Å². The van der Waals surface area contributed by atoms with E-state index in [-0.39, 0.29) is 0 Å². The largest absolute Gasteiger partial charge is 0.317 e. The second-order valence-corrected chi connectivity index (χ2v) is 5.73. The van der Waals surface area contributed by atoms with Crippen molar-refractivity contribution in [2.45, 2.75) is 39.2 Å². The number of rotatable bonds is 6. The maximum atomic E-state index is 6.15. The molecule has 1 rings (SSSR count). The number of halogens is 2. The van der Waals surface area contributed by atoms with E-state index < -0.39 is 0 Å². The van der Waals surface area contributed by atoms with Gasteiger partial charge in [-0.05, 0) is 56.0 Å². The molecule has 0 fully saturated rings. The third-order valence-electron chi connectivity index (χ3n) is 2.93. The summed E-state index contributed by atoms with van der Waals surface area (Å²) in [5, 5.41) is 4.93. The molecule has 0 aliphatic rings. The Hall–Kier alpha value is -0.240. The number of nitrogens with one attached hydrogen (secondary N) is 1. The molecule has 1 aromatic rings. The van der Waals surface area contributed by atoms with Gasteiger partial charge in [0.15, 0.2) is 0 Å². The maximum absolute atomic E-state index is 6.15. The summed E-state index contributed by atoms with van der Waals surface area (Å²) in [6.07, 6.45) is 3.25. The molecule has 0 saturated carbocycles. The standard InChI is InChI=1S/C14H21Cl2N/c1-10(2)8-13(17-3)6-4-11-9-12(15)5-7-14(11)16/h5,7,9-10,13,17H,4,6,8H2,1-3H3. The zero-order valence-electron chi connectivity index (χ0n) is 10.8. The quantitative estimate of drug-likeness (QED) is 0.801. The summed E-state index contributed by atoms with van der Waals surface area (Å²) in [6, 6.07) is 6.21. The van der Waals surface area contributed by atoms with Crippen molar-refractivity contribution in [2.75, 3.05) is 7.05 Å². The van der Waals surface area contributed by atoms with Crippen molar-refractivity contribution in [1.29, 1.82) is 0 Å². The van der Waals surface area contributed by atoms with E-state index in [1.807, 2.05) is 25.2 Å². The lowest BCUT2D eigenvalue weighted by Gasteiger charge is -2.18. The summed E-state index contributed by atoms with van der Waals surface area (Å²) in [5.74, 6) is 0.710. The summed E-state index contributed by atoms with van der Waals surface area (Å²) >= 11 is 12.1. The number of benzene rings is 1. The van der Waals surface area contributed by atoms with E-state index in [2.05, 4.69) is 19.2 Å². The number of aryl methyl sites for hydroxylation is 1. The first-order valence-corrected chi connectivity index (χ1v) is 6.89. The molecule has 3 heteroatoms. The van der Waals surface area contributed by atoms with Crippen LogP contribution in [0.5, 0.6) is 0 Å². The Morgan fingerprint density at radius 2 is 1.94 bits per heavy atom. The van der Waals surface area contributed by atoms with Gasteiger partial charge in [0.2, 0.25) is 0 Å². The van der Waals surface area contributed by atoms with Crippen LogP contribution in [-0.4, -0.2) is 13.1 Å². The molecule has 0 radical (unpaired) electrons. The van der Waals surface area contributed by atoms with Gasteiger partial charge in [-0.3, -0.25) is 0 Å². The van der Waals surface area contributed by atoms with Crippen LogP contribution < -0.4 is 5.32 Å². The van der Waals surface area contributed by atoms with E-state index >= 15 is 0 Å². The van der Waals surface area contributed by atoms with Crippen molar-refractivity contribution < 1.29 is 0 Å². The molecule has 0 aromatic heterocycles. The molecule has 1 N–H and O–H groups in total. The second-order valence-electron chi connectivity index (χ2n) is 4.89. The van der Waals surface area contributed by atoms with E-state index in [4.69, 9.17) is 23.2 Å². The van der Waals surface area contributed by atoms with Crippen LogP contribution in [0.2, 0.25) is 10.0 Å². The molecule has 0 bridgehead atoms. The molecule has 0 aliphatic heterocycles. The normalized spacial score (nSPS) is 13.1. The zero-order valence-corrected chi connectivity index (χ0v) is 12.3. The maximum Gasteiger partial charge on any atom is 0.0439 e. The van der Waals surface area contributed by atoms with Gasteiger partial charge in [0.25, 0.3) is 0 Å². The van der Waals surface area contributed by atoms with Gasteiger partial charge in [-0.25, -0.2) is 0 Å². The van der Waals surface area contributed by atoms with Crippen molar-refractivity contribution in [3.05, 3.63) is 33.8 Å². The lowest BCUT2D eigenvalue weighted by Crippen LogP contribution is -2.27. The third kappa shape index (κ3) is 5.29. The smallest absolute Gasteiger partial charge is 0.0439 e. The Labute approximate surface area is 115 Å². The highest BCUT2D eigenvalue weighted by atomic mass is 35.5. The van der Waals surface area contributed by atoms with Crippen LogP contribution >= 0.6 is 23.2 Å². The second kappa shape index (κ2) is 7.25. The average Bonchev–Trinajstić information content (AvgIpc) is 2.28. The fourth-order valence-corrected chi connectivity index (χ4v) is 2.42. The van der Waals surface area contributed by atoms with Crippen LogP contribution in [0.1, 0.15) is 32.3 Å². The zero-order chi connectivity index (χ0) is 12.8. The molecule has 1 unspecified atom stereocenters. The van der Waals surface area contributed by atoms with Gasteiger partial charge in [0.05, 0.1) is 0 Å². The Morgan fingerprint density at radius 3 is 2.53 bits per heavy atom. The Kier molecular flexibility index (Phi) is 6.32. The van der Waals surface area contributed by atoms with Crippen molar-refractivity contribution in [2.24, 2.45) is 5.92 Å². The van der Waals surface area contributed by atoms with Gasteiger partial charge in [-0.15, -0.1) is 0 Å². The molecule has 0 aliphatic carbocycles. The highest BCUT2D eigenvalue weighted by molar-refractivity contribution is 6.33. The number of hydrogen-bond donors (Lipinski definition) is 1. The summed E-state index contributed by atoms with van der Waals surface area (Å²) in [6.45, 7) is 4.49. The van der Waals surface area contributed by atoms with Crippen molar-refractivity contribution >= 4 is 23.2 Å². The Morgan fingerprint density at radius 1 is 1.24 bits per heavy atom. The third-order valence-corrected chi connectivity index (χ3v) is 3.54. The molecular weight excluding hydrogens is 253 g/mol. The summed E-state index contributed by atoms with van der Waals surface area (Å²) in [5.41, 5.74) is 1.14. The Bertz CT molecular complexity index is 350. The van der Waals surface area contributed by atoms with Crippen LogP contribution in [0.15, 0.2) is 18.2 Å². The average molecular weight is 274 g/mol. The first-order chi connectivity index (χ1) is 8.02. The molecule has 1 nitrogen and oxygen atoms in total. The van der Waals surface area contributed by atoms with Gasteiger partial charge >= 0.3 is 0 Å². The predicted molar refractivity (Wildman–Crippen MR) is 77.1 cm³/mol. The predicted octanol–water partition coefficient (Wildman–Crippen LogP) is 4.56. The van der Waals surface area contributed by atoms with Gasteiger partial charge in [0.1, 0.15) is 0 Å². The van der Waals surface area contributed by atoms with Crippen molar-refractivity contribution in [1.82, 2.24) is 5.32 Å². The van der Waals surface area contributed by atoms with E-state index in [1.165, 1.54) is 6.42 Å². The van der Waals surface area contributed by atoms with E-state index in [0.29, 0.717) is 12.0 Å². The van der Waals surface area contributed by atoms with Gasteiger partial charge in [-0.1, -0.05) is 37.0 Å². The molecule has 96 valence electrons. The van der Waals surface area contributed by atoms with Gasteiger partial charge < -0.3 is 5.32 Å². The minimum Gasteiger partial charge on any atom is -0.317 e. The monoisotopic (exact) mass is 273 g/mol. The Balaban J connectivity index is 2.56. The van der Waals surface area contributed by atoms with Gasteiger partial charge in [0, 0.05) is 16.1 Å².